The van der Waals surface area contributed by atoms with E-state index in [4.69, 9.17) is 6.57 Å². The number of anilines is 1. The normalized spacial score (nSPS) is 22.1. The summed E-state index contributed by atoms with van der Waals surface area (Å²) in [7, 11) is 1.71. The number of benzene rings is 1. The summed E-state index contributed by atoms with van der Waals surface area (Å²) in [5.41, 5.74) is 2.82. The number of hydrogen-bond donors (Lipinski definition) is 0. The van der Waals surface area contributed by atoms with Gasteiger partial charge in [-0.25, -0.2) is 4.39 Å². The lowest BCUT2D eigenvalue weighted by molar-refractivity contribution is 0.117. The van der Waals surface area contributed by atoms with Gasteiger partial charge in [0.2, 0.25) is 5.52 Å². The average molecular weight is 485 g/mol. The van der Waals surface area contributed by atoms with Gasteiger partial charge in [0.05, 0.1) is 22.7 Å². The van der Waals surface area contributed by atoms with Crippen molar-refractivity contribution in [2.45, 2.75) is 57.2 Å². The van der Waals surface area contributed by atoms with Gasteiger partial charge in [0.25, 0.3) is 11.4 Å². The molecular weight excluding hydrogens is 455 g/mol. The van der Waals surface area contributed by atoms with Crippen LogP contribution in [0.4, 0.5) is 15.9 Å². The molecule has 0 radical (unpaired) electrons. The second-order valence-electron chi connectivity index (χ2n) is 10.2. The zero-order valence-electron chi connectivity index (χ0n) is 21.0. The molecule has 1 aliphatic carbocycles. The first-order valence-corrected chi connectivity index (χ1v) is 12.3. The van der Waals surface area contributed by atoms with Crippen molar-refractivity contribution in [1.29, 1.82) is 5.26 Å². The van der Waals surface area contributed by atoms with Crippen LogP contribution in [0.15, 0.2) is 41.2 Å². The zero-order valence-corrected chi connectivity index (χ0v) is 21.0. The van der Waals surface area contributed by atoms with Crippen molar-refractivity contribution in [3.63, 3.8) is 0 Å². The first-order chi connectivity index (χ1) is 17.2. The Labute approximate surface area is 210 Å². The highest BCUT2D eigenvalue weighted by molar-refractivity contribution is 5.89. The maximum absolute atomic E-state index is 15.2. The molecule has 3 aromatic rings. The van der Waals surface area contributed by atoms with Crippen molar-refractivity contribution < 1.29 is 4.39 Å². The summed E-state index contributed by atoms with van der Waals surface area (Å²) in [5, 5.41) is 9.47. The molecule has 1 aliphatic heterocycles. The summed E-state index contributed by atoms with van der Waals surface area (Å²) < 4.78 is 16.8. The molecule has 3 atom stereocenters. The second-order valence-corrected chi connectivity index (χ2v) is 10.2. The van der Waals surface area contributed by atoms with Crippen molar-refractivity contribution in [1.82, 2.24) is 14.5 Å². The predicted molar refractivity (Wildman–Crippen MR) is 138 cm³/mol. The molecule has 1 aromatic carbocycles. The van der Waals surface area contributed by atoms with Crippen LogP contribution in [0.3, 0.4) is 0 Å². The highest BCUT2D eigenvalue weighted by atomic mass is 19.1. The van der Waals surface area contributed by atoms with Crippen molar-refractivity contribution in [3.8, 4) is 6.07 Å². The van der Waals surface area contributed by atoms with Gasteiger partial charge in [0.15, 0.2) is 0 Å². The third kappa shape index (κ3) is 3.83. The number of rotatable bonds is 4. The molecule has 0 amide bonds. The molecule has 184 valence electrons. The maximum Gasteiger partial charge on any atom is 0.270 e. The number of halogens is 1. The van der Waals surface area contributed by atoms with E-state index >= 15 is 4.39 Å². The van der Waals surface area contributed by atoms with Gasteiger partial charge in [-0.15, -0.1) is 4.98 Å². The number of piperazine rings is 1. The van der Waals surface area contributed by atoms with Crippen molar-refractivity contribution >= 4 is 22.5 Å². The van der Waals surface area contributed by atoms with Crippen LogP contribution in [0, 0.1) is 23.7 Å². The van der Waals surface area contributed by atoms with E-state index < -0.39 is 5.41 Å². The number of hydrogen-bond acceptors (Lipinski definition) is 5. The Hall–Kier alpha value is -3.75. The molecule has 5 rings (SSSR count). The van der Waals surface area contributed by atoms with Gasteiger partial charge in [-0.3, -0.25) is 9.69 Å². The lowest BCUT2D eigenvalue weighted by Gasteiger charge is -2.47. The van der Waals surface area contributed by atoms with E-state index in [-0.39, 0.29) is 29.5 Å². The Morgan fingerprint density at radius 3 is 2.58 bits per heavy atom. The van der Waals surface area contributed by atoms with Gasteiger partial charge in [-0.2, -0.15) is 5.26 Å². The molecule has 0 N–H and O–H groups in total. The molecule has 2 aliphatic rings. The van der Waals surface area contributed by atoms with Crippen LogP contribution in [0.1, 0.15) is 50.8 Å². The van der Waals surface area contributed by atoms with Crippen LogP contribution in [-0.2, 0) is 12.5 Å². The summed E-state index contributed by atoms with van der Waals surface area (Å²) in [6.45, 7) is 14.9. The monoisotopic (exact) mass is 484 g/mol. The van der Waals surface area contributed by atoms with E-state index in [2.05, 4.69) is 39.5 Å². The summed E-state index contributed by atoms with van der Waals surface area (Å²) in [6.07, 6.45) is 1.58. The second kappa shape index (κ2) is 8.72. The summed E-state index contributed by atoms with van der Waals surface area (Å²) in [5.74, 6) is 0.0240. The molecule has 2 fully saturated rings. The predicted octanol–water partition coefficient (Wildman–Crippen LogP) is 4.84. The number of nitrogens with zero attached hydrogens (tertiary/aromatic N) is 6. The van der Waals surface area contributed by atoms with Crippen LogP contribution < -0.4 is 10.5 Å². The minimum Gasteiger partial charge on any atom is -0.362 e. The Morgan fingerprint density at radius 2 is 1.94 bits per heavy atom. The third-order valence-electron chi connectivity index (χ3n) is 7.98. The molecule has 1 saturated heterocycles. The Kier molecular flexibility index (Phi) is 5.81. The first-order valence-electron chi connectivity index (χ1n) is 12.3. The molecule has 1 saturated carbocycles. The van der Waals surface area contributed by atoms with E-state index in [1.807, 2.05) is 19.1 Å². The van der Waals surface area contributed by atoms with E-state index in [0.717, 1.165) is 24.1 Å². The molecule has 1 unspecified atom stereocenters. The van der Waals surface area contributed by atoms with E-state index in [9.17, 15) is 10.1 Å². The van der Waals surface area contributed by atoms with Crippen LogP contribution in [0.5, 0.6) is 0 Å². The third-order valence-corrected chi connectivity index (χ3v) is 7.98. The number of pyridine rings is 2. The fourth-order valence-corrected chi connectivity index (χ4v) is 5.54. The molecule has 3 heterocycles. The fraction of sp³-hybridized carbons (Fsp3) is 0.429. The van der Waals surface area contributed by atoms with E-state index in [0.29, 0.717) is 35.5 Å². The fourth-order valence-electron chi connectivity index (χ4n) is 5.54. The van der Waals surface area contributed by atoms with E-state index in [1.165, 1.54) is 0 Å². The highest BCUT2D eigenvalue weighted by Gasteiger charge is 2.45. The van der Waals surface area contributed by atoms with Gasteiger partial charge in [0.1, 0.15) is 5.82 Å². The van der Waals surface area contributed by atoms with Gasteiger partial charge in [-0.1, -0.05) is 18.7 Å². The van der Waals surface area contributed by atoms with Gasteiger partial charge in [0, 0.05) is 49.9 Å². The SMILES string of the molecule is [C-]#[N+]c1ccc2c(n1)c(N1C[C@@H](C)N(C(C)c3ccc(C4(C#N)CC4)cc3F)C[C@@H]1C)cc(=O)n2C. The topological polar surface area (TPSA) is 69.5 Å². The summed E-state index contributed by atoms with van der Waals surface area (Å²) >= 11 is 0. The molecular formula is C28H29FN6O. The Morgan fingerprint density at radius 1 is 1.19 bits per heavy atom. The number of aryl methyl sites for hydroxylation is 1. The molecule has 36 heavy (non-hydrogen) atoms. The van der Waals surface area contributed by atoms with Crippen LogP contribution in [0.25, 0.3) is 15.9 Å². The van der Waals surface area contributed by atoms with Gasteiger partial charge >= 0.3 is 0 Å². The summed E-state index contributed by atoms with van der Waals surface area (Å²) in [4.78, 5) is 25.2. The van der Waals surface area contributed by atoms with Crippen molar-refractivity contribution in [2.75, 3.05) is 18.0 Å². The summed E-state index contributed by atoms with van der Waals surface area (Å²) in [6, 6.07) is 12.6. The van der Waals surface area contributed by atoms with Crippen molar-refractivity contribution in [2.24, 2.45) is 7.05 Å². The largest absolute Gasteiger partial charge is 0.362 e. The number of fused-ring (bicyclic) bond motifs is 1. The molecule has 0 spiro atoms. The Balaban J connectivity index is 1.44. The standard InChI is InChI=1S/C28H29FN6O/c1-17-15-35(24-13-26(36)33(5)23-8-9-25(31-4)32-27(23)24)18(2)14-34(17)19(3)21-7-6-20(12-22(21)29)28(16-30)10-11-28/h6-9,12-13,17-19H,10-11,14-15H2,1-3,5H3/t17-,18+,19?/m1/s1. The number of nitriles is 1. The minimum atomic E-state index is -0.507. The molecule has 0 bridgehead atoms. The van der Waals surface area contributed by atoms with Gasteiger partial charge in [-0.05, 0) is 57.4 Å². The van der Waals surface area contributed by atoms with Crippen LogP contribution in [-0.4, -0.2) is 39.6 Å². The van der Waals surface area contributed by atoms with E-state index in [1.54, 1.807) is 35.9 Å². The van der Waals surface area contributed by atoms with Gasteiger partial charge < -0.3 is 14.3 Å². The van der Waals surface area contributed by atoms with Crippen LogP contribution >= 0.6 is 0 Å². The molecule has 2 aromatic heterocycles. The lowest BCUT2D eigenvalue weighted by atomic mass is 9.93. The number of aromatic nitrogens is 2. The average Bonchev–Trinajstić information content (AvgIpc) is 3.68. The maximum atomic E-state index is 15.2. The Bertz CT molecular complexity index is 1490. The minimum absolute atomic E-state index is 0.0352. The highest BCUT2D eigenvalue weighted by Crippen LogP contribution is 2.48. The molecule has 7 nitrogen and oxygen atoms in total. The molecule has 8 heteroatoms. The smallest absolute Gasteiger partial charge is 0.270 e. The van der Waals surface area contributed by atoms with Crippen LogP contribution in [0.2, 0.25) is 0 Å². The van der Waals surface area contributed by atoms with Crippen molar-refractivity contribution in [3.05, 3.63) is 75.1 Å². The quantitative estimate of drug-likeness (QED) is 0.496. The first kappa shape index (κ1) is 24.0. The lowest BCUT2D eigenvalue weighted by Crippen LogP contribution is -2.57. The zero-order chi connectivity index (χ0) is 25.8.